The summed E-state index contributed by atoms with van der Waals surface area (Å²) in [6, 6.07) is 4.45. The number of ether oxygens (including phenoxy) is 1. The number of carbonyl (C=O) groups is 2. The number of nitrogens with zero attached hydrogens (tertiary/aromatic N) is 3. The van der Waals surface area contributed by atoms with Gasteiger partial charge in [0.25, 0.3) is 0 Å². The molecule has 1 aromatic heterocycles. The Kier molecular flexibility index (Phi) is 5.88. The van der Waals surface area contributed by atoms with Gasteiger partial charge in [0.15, 0.2) is 5.82 Å². The summed E-state index contributed by atoms with van der Waals surface area (Å²) in [5.74, 6) is -1.76. The van der Waals surface area contributed by atoms with Crippen LogP contribution in [0.3, 0.4) is 0 Å². The summed E-state index contributed by atoms with van der Waals surface area (Å²) < 4.78 is 20.4. The number of rotatable bonds is 5. The molecule has 1 N–H and O–H groups in total. The molecule has 2 atom stereocenters. The van der Waals surface area contributed by atoms with Gasteiger partial charge in [-0.15, -0.1) is 0 Å². The number of aromatic nitrogens is 2. The number of carbonyl (C=O) groups excluding carboxylic acids is 1. The zero-order valence-electron chi connectivity index (χ0n) is 16.2. The normalized spacial score (nSPS) is 18.2. The summed E-state index contributed by atoms with van der Waals surface area (Å²) in [5, 5.41) is 9.06. The summed E-state index contributed by atoms with van der Waals surface area (Å²) >= 11 is 3.30. The Hall–Kier alpha value is -2.55. The van der Waals surface area contributed by atoms with Crippen LogP contribution in [0.1, 0.15) is 44.4 Å². The van der Waals surface area contributed by atoms with Crippen LogP contribution < -0.4 is 4.90 Å². The van der Waals surface area contributed by atoms with Crippen molar-refractivity contribution in [1.82, 2.24) is 9.97 Å². The molecule has 0 saturated heterocycles. The highest BCUT2D eigenvalue weighted by Crippen LogP contribution is 2.46. The Labute approximate surface area is 176 Å². The number of hydrogen-bond acceptors (Lipinski definition) is 5. The lowest BCUT2D eigenvalue weighted by Gasteiger charge is -2.27. The second-order valence-electron chi connectivity index (χ2n) is 7.89. The average Bonchev–Trinajstić information content (AvgIpc) is 3.42. The van der Waals surface area contributed by atoms with Crippen molar-refractivity contribution in [2.75, 3.05) is 4.90 Å². The molecular formula is C20H21BrFN3O4. The number of amides is 1. The molecule has 0 radical (unpaired) electrons. The van der Waals surface area contributed by atoms with Gasteiger partial charge in [0.1, 0.15) is 11.4 Å². The molecule has 0 spiro atoms. The lowest BCUT2D eigenvalue weighted by molar-refractivity contribution is -0.138. The van der Waals surface area contributed by atoms with E-state index in [4.69, 9.17) is 9.84 Å². The van der Waals surface area contributed by atoms with Crippen molar-refractivity contribution >= 4 is 33.8 Å². The van der Waals surface area contributed by atoms with E-state index in [9.17, 15) is 14.0 Å². The monoisotopic (exact) mass is 465 g/mol. The third-order valence-corrected chi connectivity index (χ3v) is 4.87. The molecular weight excluding hydrogens is 445 g/mol. The molecule has 9 heteroatoms. The van der Waals surface area contributed by atoms with Crippen LogP contribution in [0.2, 0.25) is 0 Å². The van der Waals surface area contributed by atoms with Crippen LogP contribution in [0.5, 0.6) is 0 Å². The maximum atomic E-state index is 14.3. The fourth-order valence-electron chi connectivity index (χ4n) is 2.85. The Bertz CT molecular complexity index is 930. The highest BCUT2D eigenvalue weighted by Gasteiger charge is 2.45. The topological polar surface area (TPSA) is 92.6 Å². The molecule has 29 heavy (non-hydrogen) atoms. The predicted octanol–water partition coefficient (Wildman–Crippen LogP) is 4.51. The third-order valence-electron chi connectivity index (χ3n) is 4.37. The zero-order valence-corrected chi connectivity index (χ0v) is 17.8. The van der Waals surface area contributed by atoms with Crippen LogP contribution in [0.4, 0.5) is 15.0 Å². The molecule has 1 amide bonds. The zero-order chi connectivity index (χ0) is 21.3. The second kappa shape index (κ2) is 8.06. The summed E-state index contributed by atoms with van der Waals surface area (Å²) in [5.41, 5.74) is 0.0875. The van der Waals surface area contributed by atoms with E-state index in [1.165, 1.54) is 23.4 Å². The van der Waals surface area contributed by atoms with Gasteiger partial charge in [-0.1, -0.05) is 15.9 Å². The summed E-state index contributed by atoms with van der Waals surface area (Å²) in [7, 11) is 0. The van der Waals surface area contributed by atoms with Crippen LogP contribution in [0.15, 0.2) is 35.1 Å². The van der Waals surface area contributed by atoms with E-state index >= 15 is 0 Å². The molecule has 1 aromatic carbocycles. The van der Waals surface area contributed by atoms with Crippen molar-refractivity contribution in [2.45, 2.75) is 45.3 Å². The Morgan fingerprint density at radius 3 is 2.59 bits per heavy atom. The SMILES string of the molecule is CC(C)(C)OC(=O)N(Cc1cc(Br)ccc1F)c1cnc([C@H]2C[C@@H]2C(=O)O)cn1. The van der Waals surface area contributed by atoms with Gasteiger partial charge in [-0.2, -0.15) is 0 Å². The Morgan fingerprint density at radius 2 is 2.03 bits per heavy atom. The van der Waals surface area contributed by atoms with Gasteiger partial charge in [-0.05, 0) is 45.4 Å². The molecule has 0 aliphatic heterocycles. The van der Waals surface area contributed by atoms with E-state index in [0.717, 1.165) is 0 Å². The first-order chi connectivity index (χ1) is 13.5. The van der Waals surface area contributed by atoms with Gasteiger partial charge in [0, 0.05) is 16.0 Å². The first kappa shape index (κ1) is 21.2. The van der Waals surface area contributed by atoms with Crippen molar-refractivity contribution in [3.8, 4) is 0 Å². The predicted molar refractivity (Wildman–Crippen MR) is 107 cm³/mol. The summed E-state index contributed by atoms with van der Waals surface area (Å²) in [6.07, 6.45) is 2.67. The maximum Gasteiger partial charge on any atom is 0.416 e. The molecule has 1 heterocycles. The number of carboxylic acid groups (broad SMARTS) is 1. The number of anilines is 1. The number of benzene rings is 1. The van der Waals surface area contributed by atoms with Crippen LogP contribution >= 0.6 is 15.9 Å². The van der Waals surface area contributed by atoms with Gasteiger partial charge in [-0.3, -0.25) is 14.7 Å². The third kappa shape index (κ3) is 5.29. The van der Waals surface area contributed by atoms with Crippen molar-refractivity contribution in [3.05, 3.63) is 52.1 Å². The molecule has 154 valence electrons. The minimum Gasteiger partial charge on any atom is -0.481 e. The largest absolute Gasteiger partial charge is 0.481 e. The standard InChI is InChI=1S/C20H21BrFN3O4/c1-20(2,3)29-19(28)25(10-11-6-12(21)4-5-15(11)22)17-9-23-16(8-24-17)13-7-14(13)18(26)27/h4-6,8-9,13-14H,7,10H2,1-3H3,(H,26,27)/t13-,14-/m0/s1. The van der Waals surface area contributed by atoms with Gasteiger partial charge in [0.2, 0.25) is 0 Å². The van der Waals surface area contributed by atoms with Crippen molar-refractivity contribution in [1.29, 1.82) is 0 Å². The molecule has 1 aliphatic carbocycles. The van der Waals surface area contributed by atoms with E-state index < -0.39 is 29.4 Å². The maximum absolute atomic E-state index is 14.3. The van der Waals surface area contributed by atoms with Crippen LogP contribution in [-0.4, -0.2) is 32.7 Å². The Morgan fingerprint density at radius 1 is 1.31 bits per heavy atom. The van der Waals surface area contributed by atoms with Crippen molar-refractivity contribution in [3.63, 3.8) is 0 Å². The van der Waals surface area contributed by atoms with Crippen LogP contribution in [-0.2, 0) is 16.1 Å². The molecule has 2 aromatic rings. The van der Waals surface area contributed by atoms with E-state index in [1.807, 2.05) is 0 Å². The van der Waals surface area contributed by atoms with Gasteiger partial charge < -0.3 is 9.84 Å². The first-order valence-corrected chi connectivity index (χ1v) is 9.83. The van der Waals surface area contributed by atoms with E-state index in [-0.39, 0.29) is 23.8 Å². The molecule has 0 unspecified atom stereocenters. The second-order valence-corrected chi connectivity index (χ2v) is 8.80. The number of halogens is 2. The van der Waals surface area contributed by atoms with Crippen molar-refractivity contribution < 1.29 is 23.8 Å². The smallest absolute Gasteiger partial charge is 0.416 e. The van der Waals surface area contributed by atoms with Gasteiger partial charge in [0.05, 0.1) is 30.6 Å². The molecule has 0 bridgehead atoms. The minimum absolute atomic E-state index is 0.102. The van der Waals surface area contributed by atoms with Crippen molar-refractivity contribution in [2.24, 2.45) is 5.92 Å². The fraction of sp³-hybridized carbons (Fsp3) is 0.400. The highest BCUT2D eigenvalue weighted by molar-refractivity contribution is 9.10. The van der Waals surface area contributed by atoms with E-state index in [2.05, 4.69) is 25.9 Å². The lowest BCUT2D eigenvalue weighted by atomic mass is 10.2. The molecule has 1 saturated carbocycles. The highest BCUT2D eigenvalue weighted by atomic mass is 79.9. The fourth-order valence-corrected chi connectivity index (χ4v) is 3.26. The van der Waals surface area contributed by atoms with Gasteiger partial charge in [-0.25, -0.2) is 14.2 Å². The summed E-state index contributed by atoms with van der Waals surface area (Å²) in [4.78, 5) is 33.6. The van der Waals surface area contributed by atoms with E-state index in [0.29, 0.717) is 16.6 Å². The molecule has 7 nitrogen and oxygen atoms in total. The van der Waals surface area contributed by atoms with Gasteiger partial charge >= 0.3 is 12.1 Å². The first-order valence-electron chi connectivity index (χ1n) is 9.04. The molecule has 1 aliphatic rings. The quantitative estimate of drug-likeness (QED) is 0.698. The average molecular weight is 466 g/mol. The lowest BCUT2D eigenvalue weighted by Crippen LogP contribution is -2.37. The van der Waals surface area contributed by atoms with Crippen LogP contribution in [0, 0.1) is 11.7 Å². The molecule has 1 fully saturated rings. The summed E-state index contributed by atoms with van der Waals surface area (Å²) in [6.45, 7) is 5.10. The number of aliphatic carboxylic acids is 1. The van der Waals surface area contributed by atoms with E-state index in [1.54, 1.807) is 32.9 Å². The number of hydrogen-bond donors (Lipinski definition) is 1. The molecule has 3 rings (SSSR count). The number of carboxylic acids is 1. The van der Waals surface area contributed by atoms with Crippen LogP contribution in [0.25, 0.3) is 0 Å². The minimum atomic E-state index is -0.860. The Balaban J connectivity index is 1.87.